The fourth-order valence-electron chi connectivity index (χ4n) is 1.85. The van der Waals surface area contributed by atoms with Crippen molar-refractivity contribution < 1.29 is 4.74 Å². The standard InChI is InChI=1S/C16H27NO/c1-6-9-17-14(5)15-8-7-13(4)10-16(15)18-11-12(2)3/h7-8,10,12,14,17H,6,9,11H2,1-5H3. The van der Waals surface area contributed by atoms with E-state index in [0.717, 1.165) is 25.3 Å². The molecule has 1 N–H and O–H groups in total. The molecular weight excluding hydrogens is 222 g/mol. The van der Waals surface area contributed by atoms with Gasteiger partial charge in [-0.05, 0) is 44.4 Å². The molecular formula is C16H27NO. The predicted molar refractivity (Wildman–Crippen MR) is 78.2 cm³/mol. The second-order valence-corrected chi connectivity index (χ2v) is 5.42. The van der Waals surface area contributed by atoms with Crippen LogP contribution >= 0.6 is 0 Å². The van der Waals surface area contributed by atoms with Crippen molar-refractivity contribution in [3.8, 4) is 5.75 Å². The summed E-state index contributed by atoms with van der Waals surface area (Å²) in [7, 11) is 0. The maximum atomic E-state index is 5.94. The molecule has 0 aliphatic heterocycles. The molecule has 0 heterocycles. The van der Waals surface area contributed by atoms with Crippen molar-refractivity contribution in [3.63, 3.8) is 0 Å². The van der Waals surface area contributed by atoms with E-state index in [0.29, 0.717) is 12.0 Å². The smallest absolute Gasteiger partial charge is 0.124 e. The SMILES string of the molecule is CCCNC(C)c1ccc(C)cc1OCC(C)C. The molecule has 0 aliphatic carbocycles. The van der Waals surface area contributed by atoms with Crippen LogP contribution in [0.4, 0.5) is 0 Å². The van der Waals surface area contributed by atoms with Crippen molar-refractivity contribution in [2.24, 2.45) is 5.92 Å². The van der Waals surface area contributed by atoms with E-state index in [1.54, 1.807) is 0 Å². The molecule has 18 heavy (non-hydrogen) atoms. The predicted octanol–water partition coefficient (Wildman–Crippen LogP) is 4.09. The quantitative estimate of drug-likeness (QED) is 0.786. The highest BCUT2D eigenvalue weighted by Gasteiger charge is 2.11. The van der Waals surface area contributed by atoms with Crippen LogP contribution in [0.1, 0.15) is 51.3 Å². The zero-order valence-corrected chi connectivity index (χ0v) is 12.4. The van der Waals surface area contributed by atoms with Crippen LogP contribution in [0.15, 0.2) is 18.2 Å². The fraction of sp³-hybridized carbons (Fsp3) is 0.625. The maximum Gasteiger partial charge on any atom is 0.124 e. The maximum absolute atomic E-state index is 5.94. The Bertz CT molecular complexity index is 360. The summed E-state index contributed by atoms with van der Waals surface area (Å²) in [6.45, 7) is 12.7. The zero-order valence-electron chi connectivity index (χ0n) is 12.4. The average molecular weight is 249 g/mol. The lowest BCUT2D eigenvalue weighted by molar-refractivity contribution is 0.266. The van der Waals surface area contributed by atoms with Crippen molar-refractivity contribution in [1.29, 1.82) is 0 Å². The van der Waals surface area contributed by atoms with E-state index in [1.165, 1.54) is 11.1 Å². The van der Waals surface area contributed by atoms with Crippen LogP contribution in [0.25, 0.3) is 0 Å². The van der Waals surface area contributed by atoms with Gasteiger partial charge in [0.15, 0.2) is 0 Å². The lowest BCUT2D eigenvalue weighted by Gasteiger charge is -2.19. The summed E-state index contributed by atoms with van der Waals surface area (Å²) in [5.74, 6) is 1.58. The summed E-state index contributed by atoms with van der Waals surface area (Å²) in [5.41, 5.74) is 2.51. The third kappa shape index (κ3) is 4.69. The molecule has 1 aromatic carbocycles. The number of aryl methyl sites for hydroxylation is 1. The number of benzene rings is 1. The molecule has 0 spiro atoms. The Balaban J connectivity index is 2.81. The summed E-state index contributed by atoms with van der Waals surface area (Å²) in [5, 5.41) is 3.52. The van der Waals surface area contributed by atoms with Crippen LogP contribution in [0.3, 0.4) is 0 Å². The van der Waals surface area contributed by atoms with Crippen molar-refractivity contribution in [3.05, 3.63) is 29.3 Å². The molecule has 1 atom stereocenters. The first-order chi connectivity index (χ1) is 8.54. The molecule has 2 nitrogen and oxygen atoms in total. The van der Waals surface area contributed by atoms with Gasteiger partial charge >= 0.3 is 0 Å². The van der Waals surface area contributed by atoms with E-state index in [9.17, 15) is 0 Å². The highest BCUT2D eigenvalue weighted by molar-refractivity contribution is 5.39. The molecule has 0 saturated carbocycles. The summed E-state index contributed by atoms with van der Waals surface area (Å²) in [6.07, 6.45) is 1.15. The first-order valence-electron chi connectivity index (χ1n) is 7.01. The van der Waals surface area contributed by atoms with Gasteiger partial charge < -0.3 is 10.1 Å². The summed E-state index contributed by atoms with van der Waals surface area (Å²) >= 11 is 0. The van der Waals surface area contributed by atoms with E-state index in [-0.39, 0.29) is 0 Å². The Kier molecular flexibility index (Phi) is 6.20. The second kappa shape index (κ2) is 7.42. The molecule has 1 aromatic rings. The normalized spacial score (nSPS) is 12.8. The van der Waals surface area contributed by atoms with Crippen LogP contribution in [0.2, 0.25) is 0 Å². The lowest BCUT2D eigenvalue weighted by Crippen LogP contribution is -2.20. The molecule has 0 amide bonds. The molecule has 0 radical (unpaired) electrons. The van der Waals surface area contributed by atoms with Gasteiger partial charge in [0.25, 0.3) is 0 Å². The van der Waals surface area contributed by atoms with E-state index in [2.05, 4.69) is 58.1 Å². The average Bonchev–Trinajstić information content (AvgIpc) is 2.33. The molecule has 102 valence electrons. The second-order valence-electron chi connectivity index (χ2n) is 5.42. The molecule has 0 bridgehead atoms. The molecule has 0 aliphatic rings. The molecule has 0 aromatic heterocycles. The summed E-state index contributed by atoms with van der Waals surface area (Å²) in [6, 6.07) is 6.81. The van der Waals surface area contributed by atoms with Crippen molar-refractivity contribution >= 4 is 0 Å². The van der Waals surface area contributed by atoms with Crippen LogP contribution in [0, 0.1) is 12.8 Å². The van der Waals surface area contributed by atoms with Crippen molar-refractivity contribution in [2.45, 2.75) is 47.1 Å². The fourth-order valence-corrected chi connectivity index (χ4v) is 1.85. The molecule has 1 rings (SSSR count). The molecule has 1 unspecified atom stereocenters. The van der Waals surface area contributed by atoms with E-state index in [1.807, 2.05) is 0 Å². The number of nitrogens with one attached hydrogen (secondary N) is 1. The first kappa shape index (κ1) is 15.0. The van der Waals surface area contributed by atoms with Gasteiger partial charge in [0.2, 0.25) is 0 Å². The third-order valence-electron chi connectivity index (χ3n) is 2.91. The van der Waals surface area contributed by atoms with Gasteiger partial charge in [-0.15, -0.1) is 0 Å². The van der Waals surface area contributed by atoms with Gasteiger partial charge in [0.1, 0.15) is 5.75 Å². The number of hydrogen-bond acceptors (Lipinski definition) is 2. The Labute approximate surface area is 112 Å². The largest absolute Gasteiger partial charge is 0.493 e. The third-order valence-corrected chi connectivity index (χ3v) is 2.91. The van der Waals surface area contributed by atoms with E-state index >= 15 is 0 Å². The Morgan fingerprint density at radius 1 is 1.22 bits per heavy atom. The monoisotopic (exact) mass is 249 g/mol. The van der Waals surface area contributed by atoms with Crippen LogP contribution in [0.5, 0.6) is 5.75 Å². The van der Waals surface area contributed by atoms with Crippen LogP contribution in [-0.2, 0) is 0 Å². The van der Waals surface area contributed by atoms with Gasteiger partial charge in [0, 0.05) is 11.6 Å². The van der Waals surface area contributed by atoms with Gasteiger partial charge in [-0.25, -0.2) is 0 Å². The van der Waals surface area contributed by atoms with E-state index < -0.39 is 0 Å². The minimum absolute atomic E-state index is 0.340. The van der Waals surface area contributed by atoms with Crippen molar-refractivity contribution in [1.82, 2.24) is 5.32 Å². The number of ether oxygens (including phenoxy) is 1. The minimum atomic E-state index is 0.340. The minimum Gasteiger partial charge on any atom is -0.493 e. The summed E-state index contributed by atoms with van der Waals surface area (Å²) in [4.78, 5) is 0. The lowest BCUT2D eigenvalue weighted by atomic mass is 10.0. The Morgan fingerprint density at radius 2 is 1.94 bits per heavy atom. The summed E-state index contributed by atoms with van der Waals surface area (Å²) < 4.78 is 5.94. The molecule has 0 fully saturated rings. The highest BCUT2D eigenvalue weighted by atomic mass is 16.5. The van der Waals surface area contributed by atoms with E-state index in [4.69, 9.17) is 4.74 Å². The Hall–Kier alpha value is -1.02. The first-order valence-corrected chi connectivity index (χ1v) is 7.01. The van der Waals surface area contributed by atoms with Gasteiger partial charge in [-0.3, -0.25) is 0 Å². The van der Waals surface area contributed by atoms with Crippen LogP contribution < -0.4 is 10.1 Å². The van der Waals surface area contributed by atoms with Crippen LogP contribution in [-0.4, -0.2) is 13.2 Å². The van der Waals surface area contributed by atoms with Gasteiger partial charge in [-0.2, -0.15) is 0 Å². The van der Waals surface area contributed by atoms with Gasteiger partial charge in [-0.1, -0.05) is 32.9 Å². The zero-order chi connectivity index (χ0) is 13.5. The Morgan fingerprint density at radius 3 is 2.56 bits per heavy atom. The molecule has 0 saturated heterocycles. The number of hydrogen-bond donors (Lipinski definition) is 1. The number of rotatable bonds is 7. The highest BCUT2D eigenvalue weighted by Crippen LogP contribution is 2.26. The van der Waals surface area contributed by atoms with Gasteiger partial charge in [0.05, 0.1) is 6.61 Å². The molecule has 2 heteroatoms. The topological polar surface area (TPSA) is 21.3 Å². The van der Waals surface area contributed by atoms with Crippen molar-refractivity contribution in [2.75, 3.05) is 13.2 Å².